The highest BCUT2D eigenvalue weighted by atomic mass is 35.5. The predicted molar refractivity (Wildman–Crippen MR) is 89.0 cm³/mol. The Morgan fingerprint density at radius 3 is 3.05 bits per heavy atom. The van der Waals surface area contributed by atoms with Crippen LogP contribution in [-0.2, 0) is 4.79 Å². The maximum absolute atomic E-state index is 12.2. The van der Waals surface area contributed by atoms with E-state index in [2.05, 4.69) is 23.2 Å². The third-order valence-corrected chi connectivity index (χ3v) is 4.37. The first-order valence-electron chi connectivity index (χ1n) is 7.88. The lowest BCUT2D eigenvalue weighted by molar-refractivity contribution is -0.125. The smallest absolute Gasteiger partial charge is 0.224 e. The molecule has 1 saturated heterocycles. The van der Waals surface area contributed by atoms with Crippen molar-refractivity contribution in [3.8, 4) is 6.07 Å². The summed E-state index contributed by atoms with van der Waals surface area (Å²) in [7, 11) is 0. The standard InChI is InChI=1S/C17H22ClN3O/c1-2-3-8-20-17(22)14-5-4-9-21(12-14)15-7-6-13(11-19)16(18)10-15/h6-7,10,14H,2-5,8-9,12H2,1H3,(H,20,22). The van der Waals surface area contributed by atoms with Crippen molar-refractivity contribution in [2.75, 3.05) is 24.5 Å². The van der Waals surface area contributed by atoms with Gasteiger partial charge in [-0.15, -0.1) is 0 Å². The number of benzene rings is 1. The highest BCUT2D eigenvalue weighted by Gasteiger charge is 2.25. The van der Waals surface area contributed by atoms with Gasteiger partial charge in [-0.2, -0.15) is 5.26 Å². The minimum Gasteiger partial charge on any atom is -0.371 e. The Morgan fingerprint density at radius 1 is 1.55 bits per heavy atom. The number of carbonyl (C=O) groups excluding carboxylic acids is 1. The maximum atomic E-state index is 12.2. The zero-order chi connectivity index (χ0) is 15.9. The Balaban J connectivity index is 2.00. The Labute approximate surface area is 137 Å². The van der Waals surface area contributed by atoms with Crippen molar-refractivity contribution >= 4 is 23.2 Å². The summed E-state index contributed by atoms with van der Waals surface area (Å²) in [5.41, 5.74) is 1.46. The average Bonchev–Trinajstić information content (AvgIpc) is 2.55. The molecule has 4 nitrogen and oxygen atoms in total. The van der Waals surface area contributed by atoms with Gasteiger partial charge in [0, 0.05) is 25.3 Å². The number of amides is 1. The van der Waals surface area contributed by atoms with E-state index in [1.54, 1.807) is 6.07 Å². The topological polar surface area (TPSA) is 56.1 Å². The predicted octanol–water partition coefficient (Wildman–Crippen LogP) is 3.34. The number of nitrogens with one attached hydrogen (secondary N) is 1. The van der Waals surface area contributed by atoms with Crippen molar-refractivity contribution in [1.82, 2.24) is 5.32 Å². The molecule has 1 aromatic rings. The lowest BCUT2D eigenvalue weighted by Gasteiger charge is -2.34. The van der Waals surface area contributed by atoms with Crippen molar-refractivity contribution < 1.29 is 4.79 Å². The van der Waals surface area contributed by atoms with E-state index in [-0.39, 0.29) is 11.8 Å². The van der Waals surface area contributed by atoms with Crippen LogP contribution in [-0.4, -0.2) is 25.5 Å². The normalized spacial score (nSPS) is 17.9. The summed E-state index contributed by atoms with van der Waals surface area (Å²) in [5.74, 6) is 0.179. The van der Waals surface area contributed by atoms with Gasteiger partial charge in [-0.25, -0.2) is 0 Å². The number of rotatable bonds is 5. The van der Waals surface area contributed by atoms with E-state index < -0.39 is 0 Å². The zero-order valence-electron chi connectivity index (χ0n) is 12.9. The summed E-state index contributed by atoms with van der Waals surface area (Å²) in [5, 5.41) is 12.4. The van der Waals surface area contributed by atoms with Gasteiger partial charge in [0.05, 0.1) is 16.5 Å². The Kier molecular flexibility index (Phi) is 6.09. The molecule has 0 aliphatic carbocycles. The fourth-order valence-electron chi connectivity index (χ4n) is 2.75. The van der Waals surface area contributed by atoms with Crippen molar-refractivity contribution in [1.29, 1.82) is 5.26 Å². The quantitative estimate of drug-likeness (QED) is 0.847. The molecule has 0 aromatic heterocycles. The summed E-state index contributed by atoms with van der Waals surface area (Å²) in [4.78, 5) is 14.4. The molecule has 1 amide bonds. The van der Waals surface area contributed by atoms with Gasteiger partial charge in [0.1, 0.15) is 6.07 Å². The fourth-order valence-corrected chi connectivity index (χ4v) is 2.97. The summed E-state index contributed by atoms with van der Waals surface area (Å²) in [6.45, 7) is 4.50. The molecule has 0 saturated carbocycles. The van der Waals surface area contributed by atoms with Gasteiger partial charge >= 0.3 is 0 Å². The van der Waals surface area contributed by atoms with E-state index in [4.69, 9.17) is 16.9 Å². The number of anilines is 1. The monoisotopic (exact) mass is 319 g/mol. The van der Waals surface area contributed by atoms with Crippen LogP contribution in [0.5, 0.6) is 0 Å². The van der Waals surface area contributed by atoms with Crippen LogP contribution >= 0.6 is 11.6 Å². The molecule has 1 fully saturated rings. The number of nitrogens with zero attached hydrogens (tertiary/aromatic N) is 2. The number of hydrogen-bond acceptors (Lipinski definition) is 3. The number of halogens is 1. The number of carbonyl (C=O) groups is 1. The van der Waals surface area contributed by atoms with Gasteiger partial charge in [0.25, 0.3) is 0 Å². The molecule has 2 rings (SSSR count). The second-order valence-electron chi connectivity index (χ2n) is 5.71. The van der Waals surface area contributed by atoms with Crippen LogP contribution in [0.25, 0.3) is 0 Å². The van der Waals surface area contributed by atoms with E-state index in [0.717, 1.165) is 44.5 Å². The molecule has 118 valence electrons. The van der Waals surface area contributed by atoms with E-state index >= 15 is 0 Å². The summed E-state index contributed by atoms with van der Waals surface area (Å²) < 4.78 is 0. The van der Waals surface area contributed by atoms with Crippen molar-refractivity contribution in [2.45, 2.75) is 32.6 Å². The summed E-state index contributed by atoms with van der Waals surface area (Å²) >= 11 is 6.10. The molecule has 1 heterocycles. The fraction of sp³-hybridized carbons (Fsp3) is 0.529. The first-order chi connectivity index (χ1) is 10.7. The second-order valence-corrected chi connectivity index (χ2v) is 6.11. The molecule has 22 heavy (non-hydrogen) atoms. The number of piperidine rings is 1. The van der Waals surface area contributed by atoms with E-state index in [1.807, 2.05) is 12.1 Å². The minimum atomic E-state index is 0.0278. The van der Waals surface area contributed by atoms with Crippen LogP contribution in [0, 0.1) is 17.2 Å². The SMILES string of the molecule is CCCCNC(=O)C1CCCN(c2ccc(C#N)c(Cl)c2)C1. The molecule has 1 aliphatic heterocycles. The summed E-state index contributed by atoms with van der Waals surface area (Å²) in [6.07, 6.45) is 4.02. The largest absolute Gasteiger partial charge is 0.371 e. The Hall–Kier alpha value is -1.73. The number of nitriles is 1. The van der Waals surface area contributed by atoms with Gasteiger partial charge in [0.15, 0.2) is 0 Å². The first-order valence-corrected chi connectivity index (χ1v) is 8.25. The molecule has 1 unspecified atom stereocenters. The van der Waals surface area contributed by atoms with Crippen LogP contribution in [0.4, 0.5) is 5.69 Å². The molecule has 0 radical (unpaired) electrons. The summed E-state index contributed by atoms with van der Waals surface area (Å²) in [6, 6.07) is 7.53. The average molecular weight is 320 g/mol. The molecular weight excluding hydrogens is 298 g/mol. The molecule has 5 heteroatoms. The van der Waals surface area contributed by atoms with E-state index in [0.29, 0.717) is 17.1 Å². The van der Waals surface area contributed by atoms with E-state index in [1.165, 1.54) is 0 Å². The Morgan fingerprint density at radius 2 is 2.36 bits per heavy atom. The van der Waals surface area contributed by atoms with Gasteiger partial charge in [-0.05, 0) is 37.5 Å². The van der Waals surface area contributed by atoms with Gasteiger partial charge in [0.2, 0.25) is 5.91 Å². The highest BCUT2D eigenvalue weighted by molar-refractivity contribution is 6.32. The Bertz CT molecular complexity index is 568. The zero-order valence-corrected chi connectivity index (χ0v) is 13.7. The van der Waals surface area contributed by atoms with Crippen LogP contribution in [0.15, 0.2) is 18.2 Å². The maximum Gasteiger partial charge on any atom is 0.224 e. The highest BCUT2D eigenvalue weighted by Crippen LogP contribution is 2.27. The molecule has 0 spiro atoms. The van der Waals surface area contributed by atoms with Crippen molar-refractivity contribution in [2.24, 2.45) is 5.92 Å². The molecule has 1 atom stereocenters. The third-order valence-electron chi connectivity index (χ3n) is 4.06. The van der Waals surface area contributed by atoms with Crippen LogP contribution in [0.2, 0.25) is 5.02 Å². The third kappa shape index (κ3) is 4.14. The van der Waals surface area contributed by atoms with Gasteiger partial charge in [-0.3, -0.25) is 4.79 Å². The number of hydrogen-bond donors (Lipinski definition) is 1. The van der Waals surface area contributed by atoms with Crippen LogP contribution < -0.4 is 10.2 Å². The second kappa shape index (κ2) is 8.05. The van der Waals surface area contributed by atoms with Crippen molar-refractivity contribution in [3.05, 3.63) is 28.8 Å². The van der Waals surface area contributed by atoms with E-state index in [9.17, 15) is 4.79 Å². The van der Waals surface area contributed by atoms with Gasteiger partial charge < -0.3 is 10.2 Å². The first kappa shape index (κ1) is 16.6. The van der Waals surface area contributed by atoms with Gasteiger partial charge in [-0.1, -0.05) is 24.9 Å². The molecule has 0 bridgehead atoms. The van der Waals surface area contributed by atoms with Crippen LogP contribution in [0.1, 0.15) is 38.2 Å². The van der Waals surface area contributed by atoms with Crippen molar-refractivity contribution in [3.63, 3.8) is 0 Å². The minimum absolute atomic E-state index is 0.0278. The molecular formula is C17H22ClN3O. The molecule has 1 aromatic carbocycles. The molecule has 1 N–H and O–H groups in total. The number of unbranched alkanes of at least 4 members (excludes halogenated alkanes) is 1. The van der Waals surface area contributed by atoms with Crippen LogP contribution in [0.3, 0.4) is 0 Å². The lowest BCUT2D eigenvalue weighted by Crippen LogP contribution is -2.43. The lowest BCUT2D eigenvalue weighted by atomic mass is 9.96. The molecule has 1 aliphatic rings.